The summed E-state index contributed by atoms with van der Waals surface area (Å²) in [6.07, 6.45) is 0.826. The van der Waals surface area contributed by atoms with E-state index in [1.807, 2.05) is 0 Å². The Morgan fingerprint density at radius 2 is 2.11 bits per heavy atom. The Hall–Kier alpha value is -0.0800. The fourth-order valence-electron chi connectivity index (χ4n) is 1.24. The summed E-state index contributed by atoms with van der Waals surface area (Å²) in [5.74, 6) is 0.416. The summed E-state index contributed by atoms with van der Waals surface area (Å²) in [5.41, 5.74) is 0. The lowest BCUT2D eigenvalue weighted by Gasteiger charge is -2.31. The molecule has 1 aliphatic heterocycles. The molecular weight excluding hydrogens is 114 g/mol. The smallest absolute Gasteiger partial charge is 0.0592 e. The van der Waals surface area contributed by atoms with Gasteiger partial charge in [-0.1, -0.05) is 6.92 Å². The number of aliphatic hydroxyl groups is 1. The van der Waals surface area contributed by atoms with Crippen LogP contribution in [0.2, 0.25) is 0 Å². The zero-order valence-electron chi connectivity index (χ0n) is 6.09. The van der Waals surface area contributed by atoms with E-state index in [9.17, 15) is 5.11 Å². The molecule has 0 amide bonds. The minimum absolute atomic E-state index is 0.0822. The van der Waals surface area contributed by atoms with Gasteiger partial charge in [-0.2, -0.15) is 0 Å². The zero-order valence-corrected chi connectivity index (χ0v) is 6.09. The van der Waals surface area contributed by atoms with Crippen LogP contribution < -0.4 is 5.32 Å². The first kappa shape index (κ1) is 7.03. The van der Waals surface area contributed by atoms with Crippen molar-refractivity contribution in [2.75, 3.05) is 6.54 Å². The number of nitrogens with one attached hydrogen (secondary N) is 1. The Morgan fingerprint density at radius 1 is 1.44 bits per heavy atom. The molecule has 0 bridgehead atoms. The van der Waals surface area contributed by atoms with Crippen LogP contribution in [-0.2, 0) is 0 Å². The largest absolute Gasteiger partial charge is 0.393 e. The second-order valence-corrected chi connectivity index (χ2v) is 2.96. The predicted octanol–water partition coefficient (Wildman–Crippen LogP) is 0.365. The van der Waals surface area contributed by atoms with E-state index in [1.165, 1.54) is 0 Å². The van der Waals surface area contributed by atoms with E-state index in [0.29, 0.717) is 12.0 Å². The van der Waals surface area contributed by atoms with Crippen LogP contribution >= 0.6 is 0 Å². The minimum atomic E-state index is -0.0822. The molecule has 1 saturated heterocycles. The van der Waals surface area contributed by atoms with Gasteiger partial charge < -0.3 is 10.4 Å². The molecule has 3 atom stereocenters. The number of aliphatic hydroxyl groups excluding tert-OH is 1. The van der Waals surface area contributed by atoms with Gasteiger partial charge in [0.25, 0.3) is 0 Å². The molecule has 0 radical (unpaired) electrons. The van der Waals surface area contributed by atoms with Crippen LogP contribution in [0.1, 0.15) is 20.3 Å². The molecule has 2 N–H and O–H groups in total. The Labute approximate surface area is 56.3 Å². The van der Waals surface area contributed by atoms with Crippen LogP contribution in [0, 0.1) is 5.92 Å². The topological polar surface area (TPSA) is 32.3 Å². The monoisotopic (exact) mass is 129 g/mol. The van der Waals surface area contributed by atoms with E-state index in [4.69, 9.17) is 0 Å². The Balaban J connectivity index is 2.41. The van der Waals surface area contributed by atoms with Gasteiger partial charge in [0.1, 0.15) is 0 Å². The Morgan fingerprint density at radius 3 is 2.56 bits per heavy atom. The van der Waals surface area contributed by atoms with Gasteiger partial charge in [0.15, 0.2) is 0 Å². The van der Waals surface area contributed by atoms with Crippen LogP contribution in [0.4, 0.5) is 0 Å². The summed E-state index contributed by atoms with van der Waals surface area (Å²) in [7, 11) is 0. The third-order valence-corrected chi connectivity index (χ3v) is 2.30. The van der Waals surface area contributed by atoms with Gasteiger partial charge in [-0.3, -0.25) is 0 Å². The van der Waals surface area contributed by atoms with Crippen molar-refractivity contribution in [3.63, 3.8) is 0 Å². The molecule has 1 aliphatic rings. The van der Waals surface area contributed by atoms with Gasteiger partial charge in [0, 0.05) is 6.04 Å². The first-order chi connectivity index (χ1) is 4.22. The van der Waals surface area contributed by atoms with Crippen molar-refractivity contribution in [1.82, 2.24) is 5.32 Å². The number of hydrogen-bond donors (Lipinski definition) is 2. The van der Waals surface area contributed by atoms with E-state index >= 15 is 0 Å². The fourth-order valence-corrected chi connectivity index (χ4v) is 1.24. The summed E-state index contributed by atoms with van der Waals surface area (Å²) in [6, 6.07) is 0.480. The van der Waals surface area contributed by atoms with Crippen molar-refractivity contribution in [1.29, 1.82) is 0 Å². The zero-order chi connectivity index (χ0) is 6.85. The Kier molecular flexibility index (Phi) is 2.09. The van der Waals surface area contributed by atoms with E-state index < -0.39 is 0 Å². The quantitative estimate of drug-likeness (QED) is 0.495. The Bertz CT molecular complexity index is 84.9. The van der Waals surface area contributed by atoms with E-state index in [2.05, 4.69) is 19.2 Å². The highest BCUT2D eigenvalue weighted by Gasteiger charge is 2.23. The van der Waals surface area contributed by atoms with Gasteiger partial charge in [-0.05, 0) is 25.8 Å². The number of piperidine rings is 1. The summed E-state index contributed by atoms with van der Waals surface area (Å²) < 4.78 is 0. The molecular formula is C7H15NO. The van der Waals surface area contributed by atoms with Gasteiger partial charge >= 0.3 is 0 Å². The molecule has 1 unspecified atom stereocenters. The van der Waals surface area contributed by atoms with E-state index in [-0.39, 0.29) is 6.10 Å². The van der Waals surface area contributed by atoms with Crippen molar-refractivity contribution >= 4 is 0 Å². The van der Waals surface area contributed by atoms with Crippen molar-refractivity contribution in [3.8, 4) is 0 Å². The fraction of sp³-hybridized carbons (Fsp3) is 1.00. The lowest BCUT2D eigenvalue weighted by atomic mass is 9.91. The summed E-state index contributed by atoms with van der Waals surface area (Å²) in [6.45, 7) is 5.17. The normalized spacial score (nSPS) is 45.0. The third kappa shape index (κ3) is 1.43. The summed E-state index contributed by atoms with van der Waals surface area (Å²) >= 11 is 0. The summed E-state index contributed by atoms with van der Waals surface area (Å²) in [5, 5.41) is 12.6. The van der Waals surface area contributed by atoms with Crippen molar-refractivity contribution in [2.45, 2.75) is 32.4 Å². The van der Waals surface area contributed by atoms with Crippen LogP contribution in [0.3, 0.4) is 0 Å². The van der Waals surface area contributed by atoms with Crippen molar-refractivity contribution in [2.24, 2.45) is 5.92 Å². The van der Waals surface area contributed by atoms with Crippen molar-refractivity contribution < 1.29 is 5.11 Å². The molecule has 0 saturated carbocycles. The average Bonchev–Trinajstić information content (AvgIpc) is 1.83. The molecule has 1 heterocycles. The number of rotatable bonds is 0. The maximum Gasteiger partial charge on any atom is 0.0592 e. The molecule has 2 heteroatoms. The molecule has 1 fully saturated rings. The number of hydrogen-bond acceptors (Lipinski definition) is 2. The SMILES string of the molecule is CC1NCC[C@@H](O)[C@H]1C. The van der Waals surface area contributed by atoms with Gasteiger partial charge in [0.2, 0.25) is 0 Å². The van der Waals surface area contributed by atoms with Gasteiger partial charge in [-0.15, -0.1) is 0 Å². The van der Waals surface area contributed by atoms with Crippen LogP contribution in [0.15, 0.2) is 0 Å². The molecule has 9 heavy (non-hydrogen) atoms. The van der Waals surface area contributed by atoms with E-state index in [1.54, 1.807) is 0 Å². The predicted molar refractivity (Wildman–Crippen MR) is 37.3 cm³/mol. The van der Waals surface area contributed by atoms with Crippen LogP contribution in [0.5, 0.6) is 0 Å². The second kappa shape index (κ2) is 2.67. The summed E-state index contributed by atoms with van der Waals surface area (Å²) in [4.78, 5) is 0. The van der Waals surface area contributed by atoms with Crippen molar-refractivity contribution in [3.05, 3.63) is 0 Å². The first-order valence-corrected chi connectivity index (χ1v) is 3.63. The standard InChI is InChI=1S/C7H15NO/c1-5-6(2)8-4-3-7(5)9/h5-9H,3-4H2,1-2H3/t5-,6?,7+/m0/s1. The van der Waals surface area contributed by atoms with Gasteiger partial charge in [-0.25, -0.2) is 0 Å². The highest BCUT2D eigenvalue weighted by molar-refractivity contribution is 4.80. The molecule has 0 aromatic heterocycles. The molecule has 54 valence electrons. The maximum atomic E-state index is 9.31. The second-order valence-electron chi connectivity index (χ2n) is 2.96. The molecule has 2 nitrogen and oxygen atoms in total. The molecule has 0 aromatic rings. The minimum Gasteiger partial charge on any atom is -0.393 e. The van der Waals surface area contributed by atoms with E-state index in [0.717, 1.165) is 13.0 Å². The van der Waals surface area contributed by atoms with Gasteiger partial charge in [0.05, 0.1) is 6.10 Å². The van der Waals surface area contributed by atoms with Crippen LogP contribution in [-0.4, -0.2) is 23.8 Å². The third-order valence-electron chi connectivity index (χ3n) is 2.30. The molecule has 0 spiro atoms. The first-order valence-electron chi connectivity index (χ1n) is 3.63. The average molecular weight is 129 g/mol. The molecule has 0 aromatic carbocycles. The molecule has 1 rings (SSSR count). The lowest BCUT2D eigenvalue weighted by Crippen LogP contribution is -2.45. The van der Waals surface area contributed by atoms with Crippen LogP contribution in [0.25, 0.3) is 0 Å². The maximum absolute atomic E-state index is 9.31. The lowest BCUT2D eigenvalue weighted by molar-refractivity contribution is 0.0661. The molecule has 0 aliphatic carbocycles. The highest BCUT2D eigenvalue weighted by Crippen LogP contribution is 2.15. The highest BCUT2D eigenvalue weighted by atomic mass is 16.3.